The first-order chi connectivity index (χ1) is 53.5. The van der Waals surface area contributed by atoms with E-state index in [1.165, 1.54) is 42.1 Å². The number of carbonyl (C=O) groups excluding carboxylic acids is 4. The quantitative estimate of drug-likeness (QED) is 0.00920. The number of hydrogen-bond donors (Lipinski definition) is 6. The molecule has 6 heterocycles. The van der Waals surface area contributed by atoms with Gasteiger partial charge in [0.15, 0.2) is 9.84 Å². The number of thioether (sulfide) groups is 1. The smallest absolute Gasteiger partial charge is 0.382 e. The monoisotopic (exact) mass is 1640 g/mol. The SMILES string of the molecule is Cc1c(S(C)(=O)=O)c(-c2cc(F)cc(N3CCN(c4ccc(NS(=O)(=O)c5ccc(N[C@H](CCN6CCC(NCCCn7cc(COCCOCCOCCNc8cccc9c8C(=O)N(C8CCC(=O)NC8=O)C9=O)[nH]7)CC6)CSc6ccccc6)c(S(=O)(=O)C(F)(F)F)c5)cc4)CC3)c2)c(-c2ccc(Cl)cc2)n1C(C)C. The van der Waals surface area contributed by atoms with Crippen LogP contribution in [-0.2, 0) is 66.6 Å². The Morgan fingerprint density at radius 1 is 0.696 bits per heavy atom. The van der Waals surface area contributed by atoms with Gasteiger partial charge in [-0.1, -0.05) is 48.0 Å². The number of aromatic amines is 1. The molecule has 2 atom stereocenters. The van der Waals surface area contributed by atoms with E-state index in [1.807, 2.05) is 81.6 Å². The average molecular weight is 1640 g/mol. The number of anilines is 5. The van der Waals surface area contributed by atoms with Crippen LogP contribution in [0, 0.1) is 12.7 Å². The molecule has 8 aromatic rings. The maximum atomic E-state index is 15.9. The minimum absolute atomic E-state index is 0.0347. The number of nitrogens with zero attached hydrogens (tertiary/aromatic N) is 6. The van der Waals surface area contributed by atoms with Gasteiger partial charge in [0.2, 0.25) is 11.8 Å². The summed E-state index contributed by atoms with van der Waals surface area (Å²) >= 11 is 7.73. The highest BCUT2D eigenvalue weighted by molar-refractivity contribution is 7.99. The molecule has 4 amide bonds. The average Bonchev–Trinajstić information content (AvgIpc) is 1.56. The molecular formula is C78H91ClF4N12O13S4. The summed E-state index contributed by atoms with van der Waals surface area (Å²) in [6, 6.07) is 33.4. The minimum atomic E-state index is -6.11. The summed E-state index contributed by atoms with van der Waals surface area (Å²) < 4.78 is 166. The standard InChI is InChI=1S/C78H91ClF4N12O13S4/c1-51(2)94-52(3)74(110(4,100)101)71(73(94)53-14-16-55(79)17-15-53)54-44-56(80)46-62(45-54)92-37-35-91(36-38-92)61-20-18-58(19-21-61)89-112(104,105)64-22-23-66(69(47-64)111(102,103)78(81,82)83)86-59(50-109-63-10-6-5-7-11-63)28-34-90-32-26-57(27-33-90)84-29-9-31-93-48-60(88-93)49-108-43-42-107-41-40-106-39-30-85-67-13-8-12-65-72(67)77(99)95(76(65)98)68-24-25-70(96)87-75(68)97/h5-8,10-23,44-48,51,57,59,68,84-86,88-89H,9,24-43,49-50H2,1-4H3,(H,87,96,97)/t59-,68?/m1/s1. The van der Waals surface area contributed by atoms with Crippen molar-refractivity contribution in [3.05, 3.63) is 173 Å². The lowest BCUT2D eigenvalue weighted by Crippen LogP contribution is -2.54. The molecule has 12 rings (SSSR count). The second-order valence-electron chi connectivity index (χ2n) is 28.3. The molecule has 6 N–H and O–H groups in total. The number of sulfone groups is 2. The third-order valence-electron chi connectivity index (χ3n) is 20.1. The Bertz CT molecular complexity index is 5020. The third kappa shape index (κ3) is 19.9. The van der Waals surface area contributed by atoms with E-state index in [1.54, 1.807) is 49.4 Å². The number of amides is 4. The van der Waals surface area contributed by atoms with Crippen LogP contribution in [-0.4, -0.2) is 201 Å². The highest BCUT2D eigenvalue weighted by Gasteiger charge is 2.49. The Labute approximate surface area is 658 Å². The maximum absolute atomic E-state index is 15.9. The molecule has 0 bridgehead atoms. The molecule has 0 radical (unpaired) electrons. The van der Waals surface area contributed by atoms with Crippen molar-refractivity contribution in [2.75, 3.05) is 129 Å². The lowest BCUT2D eigenvalue weighted by molar-refractivity contribution is -0.136. The van der Waals surface area contributed by atoms with E-state index in [0.29, 0.717) is 147 Å². The fourth-order valence-corrected chi connectivity index (χ4v) is 19.1. The summed E-state index contributed by atoms with van der Waals surface area (Å²) in [6.07, 6.45) is 6.27. The van der Waals surface area contributed by atoms with Crippen LogP contribution in [0.2, 0.25) is 5.02 Å². The zero-order valence-corrected chi connectivity index (χ0v) is 66.4. The summed E-state index contributed by atoms with van der Waals surface area (Å²) in [4.78, 5) is 56.9. The van der Waals surface area contributed by atoms with Gasteiger partial charge in [-0.2, -0.15) is 13.2 Å². The number of imide groups is 2. The van der Waals surface area contributed by atoms with E-state index in [-0.39, 0.29) is 52.3 Å². The highest BCUT2D eigenvalue weighted by Crippen LogP contribution is 2.46. The zero-order valence-electron chi connectivity index (χ0n) is 62.4. The van der Waals surface area contributed by atoms with E-state index in [9.17, 15) is 57.6 Å². The van der Waals surface area contributed by atoms with Crippen molar-refractivity contribution in [1.82, 2.24) is 34.8 Å². The van der Waals surface area contributed by atoms with Crippen molar-refractivity contribution < 1.29 is 76.2 Å². The predicted molar refractivity (Wildman–Crippen MR) is 423 cm³/mol. The summed E-state index contributed by atoms with van der Waals surface area (Å²) in [5, 5.41) is 15.9. The number of likely N-dealkylation sites (tertiary alicyclic amines) is 1. The molecule has 6 aromatic carbocycles. The number of rotatable bonds is 36. The zero-order chi connectivity index (χ0) is 79.7. The molecule has 4 aliphatic heterocycles. The molecule has 600 valence electrons. The first-order valence-corrected chi connectivity index (χ1v) is 43.3. The van der Waals surface area contributed by atoms with Crippen LogP contribution < -0.4 is 35.8 Å². The molecule has 34 heteroatoms. The van der Waals surface area contributed by atoms with Gasteiger partial charge in [-0.25, -0.2) is 29.6 Å². The molecule has 25 nitrogen and oxygen atoms in total. The van der Waals surface area contributed by atoms with Gasteiger partial charge in [-0.15, -0.1) is 11.8 Å². The number of aryl methyl sites for hydroxylation is 1. The Morgan fingerprint density at radius 3 is 2.04 bits per heavy atom. The number of alkyl halides is 3. The van der Waals surface area contributed by atoms with Crippen LogP contribution in [0.1, 0.15) is 90.5 Å². The van der Waals surface area contributed by atoms with Crippen LogP contribution in [0.5, 0.6) is 0 Å². The first-order valence-electron chi connectivity index (χ1n) is 37.1. The topological polar surface area (TPSA) is 297 Å². The van der Waals surface area contributed by atoms with Gasteiger partial charge in [0.1, 0.15) is 16.8 Å². The Hall–Kier alpha value is -8.77. The van der Waals surface area contributed by atoms with E-state index < -0.39 is 86.5 Å². The number of halogens is 5. The number of fused-ring (bicyclic) bond motifs is 1. The van der Waals surface area contributed by atoms with Crippen LogP contribution in [0.15, 0.2) is 159 Å². The van der Waals surface area contributed by atoms with Gasteiger partial charge in [0.05, 0.1) is 77.6 Å². The van der Waals surface area contributed by atoms with Gasteiger partial charge in [-0.3, -0.25) is 43.9 Å². The molecule has 0 aliphatic carbocycles. The van der Waals surface area contributed by atoms with E-state index in [0.717, 1.165) is 79.3 Å². The van der Waals surface area contributed by atoms with E-state index in [2.05, 4.69) is 36.0 Å². The lowest BCUT2D eigenvalue weighted by Gasteiger charge is -2.37. The fraction of sp³-hybridized carbons (Fsp3) is 0.410. The summed E-state index contributed by atoms with van der Waals surface area (Å²) in [5.41, 5.74) is -0.479. The molecule has 112 heavy (non-hydrogen) atoms. The molecular weight excluding hydrogens is 1550 g/mol. The van der Waals surface area contributed by atoms with E-state index in [4.69, 9.17) is 25.8 Å². The Balaban J connectivity index is 0.575. The van der Waals surface area contributed by atoms with Crippen molar-refractivity contribution in [3.8, 4) is 22.4 Å². The van der Waals surface area contributed by atoms with E-state index >= 15 is 4.39 Å². The Morgan fingerprint density at radius 2 is 1.38 bits per heavy atom. The van der Waals surface area contributed by atoms with Crippen LogP contribution >= 0.6 is 23.4 Å². The summed E-state index contributed by atoms with van der Waals surface area (Å²) in [5.74, 6) is -2.49. The third-order valence-corrected chi connectivity index (χ3v) is 25.7. The fourth-order valence-electron chi connectivity index (χ4n) is 14.6. The van der Waals surface area contributed by atoms with Crippen molar-refractivity contribution >= 4 is 105 Å². The molecule has 4 aliphatic rings. The number of hydrogen-bond acceptors (Lipinski definition) is 20. The number of benzene rings is 6. The molecule has 3 fully saturated rings. The highest BCUT2D eigenvalue weighted by atomic mass is 35.5. The molecule has 1 unspecified atom stereocenters. The first kappa shape index (κ1) is 82.7. The number of aromatic nitrogens is 3. The Kier molecular flexibility index (Phi) is 26.7. The number of nitrogens with one attached hydrogen (secondary N) is 6. The van der Waals surface area contributed by atoms with Gasteiger partial charge in [-0.05, 0) is 181 Å². The second kappa shape index (κ2) is 36.2. The predicted octanol–water partition coefficient (Wildman–Crippen LogP) is 11.6. The number of piperidine rings is 2. The number of piperazine rings is 1. The second-order valence-corrected chi connectivity index (χ2v) is 35.4. The minimum Gasteiger partial charge on any atom is -0.382 e. The number of carbonyl (C=O) groups is 4. The molecule has 2 aromatic heterocycles. The van der Waals surface area contributed by atoms with Crippen LogP contribution in [0.4, 0.5) is 46.0 Å². The van der Waals surface area contributed by atoms with Gasteiger partial charge < -0.3 is 49.4 Å². The van der Waals surface area contributed by atoms with Gasteiger partial charge in [0.25, 0.3) is 31.7 Å². The number of sulfonamides is 1. The van der Waals surface area contributed by atoms with Crippen molar-refractivity contribution in [1.29, 1.82) is 0 Å². The lowest BCUT2D eigenvalue weighted by atomic mass is 9.99. The largest absolute Gasteiger partial charge is 0.501 e. The van der Waals surface area contributed by atoms with Crippen LogP contribution in [0.3, 0.4) is 0 Å². The van der Waals surface area contributed by atoms with Crippen molar-refractivity contribution in [3.63, 3.8) is 0 Å². The number of H-pyrrole nitrogens is 1. The summed E-state index contributed by atoms with van der Waals surface area (Å²) in [7, 11) is -14.6. The van der Waals surface area contributed by atoms with Crippen molar-refractivity contribution in [2.45, 2.75) is 122 Å². The molecule has 0 saturated carbocycles. The normalized spacial score (nSPS) is 16.6. The molecule has 3 saturated heterocycles. The van der Waals surface area contributed by atoms with Crippen molar-refractivity contribution in [2.24, 2.45) is 0 Å². The summed E-state index contributed by atoms with van der Waals surface area (Å²) in [6.45, 7) is 13.5. The molecule has 0 spiro atoms. The maximum Gasteiger partial charge on any atom is 0.501 e. The number of ether oxygens (including phenoxy) is 3. The van der Waals surface area contributed by atoms with Crippen LogP contribution in [0.25, 0.3) is 22.4 Å². The van der Waals surface area contributed by atoms with Gasteiger partial charge >= 0.3 is 5.51 Å². The van der Waals surface area contributed by atoms with Gasteiger partial charge in [0, 0.05) is 132 Å².